The van der Waals surface area contributed by atoms with Crippen molar-refractivity contribution in [3.8, 4) is 11.4 Å². The van der Waals surface area contributed by atoms with Gasteiger partial charge in [0.05, 0.1) is 24.1 Å². The average molecular weight is 606 g/mol. The number of benzene rings is 2. The fraction of sp³-hybridized carbons (Fsp3) is 0.0556. The van der Waals surface area contributed by atoms with Crippen LogP contribution < -0.4 is 0 Å². The van der Waals surface area contributed by atoms with Crippen molar-refractivity contribution < 1.29 is 9.53 Å². The molecule has 0 aliphatic rings. The molecule has 0 unspecified atom stereocenters. The van der Waals surface area contributed by atoms with Crippen LogP contribution in [0.5, 0.6) is 0 Å². The number of methoxy groups -OCH3 is 1. The van der Waals surface area contributed by atoms with E-state index in [1.165, 1.54) is 7.11 Å². The lowest BCUT2D eigenvalue weighted by Gasteiger charge is -2.02. The maximum Gasteiger partial charge on any atom is 0.340 e. The summed E-state index contributed by atoms with van der Waals surface area (Å²) in [6, 6.07) is 9.87. The minimum Gasteiger partial charge on any atom is -0.465 e. The van der Waals surface area contributed by atoms with Gasteiger partial charge in [0.25, 0.3) is 0 Å². The van der Waals surface area contributed by atoms with Gasteiger partial charge in [-0.25, -0.2) is 4.79 Å². The smallest absolute Gasteiger partial charge is 0.340 e. The summed E-state index contributed by atoms with van der Waals surface area (Å²) < 4.78 is 8.72. The second-order valence-electron chi connectivity index (χ2n) is 5.72. The van der Waals surface area contributed by atoms with Crippen LogP contribution in [0, 0.1) is 0 Å². The quantitative estimate of drug-likeness (QED) is 0.239. The first kappa shape index (κ1) is 18.3. The number of carbonyl (C=O) groups excluding carboxylic acids is 1. The van der Waals surface area contributed by atoms with E-state index >= 15 is 0 Å². The van der Waals surface area contributed by atoms with Crippen molar-refractivity contribution >= 4 is 91.5 Å². The second kappa shape index (κ2) is 6.82. The molecule has 4 rings (SSSR count). The van der Waals surface area contributed by atoms with Gasteiger partial charge in [-0.3, -0.25) is 0 Å². The van der Waals surface area contributed by atoms with E-state index < -0.39 is 0 Å². The Morgan fingerprint density at radius 3 is 2.15 bits per heavy atom. The largest absolute Gasteiger partial charge is 0.465 e. The van der Waals surface area contributed by atoms with Crippen molar-refractivity contribution in [3.05, 3.63) is 53.8 Å². The van der Waals surface area contributed by atoms with Crippen molar-refractivity contribution in [1.29, 1.82) is 0 Å². The molecule has 0 aliphatic carbocycles. The first-order valence-electron chi connectivity index (χ1n) is 7.46. The number of hydrogen-bond acceptors (Lipinski definition) is 2. The molecule has 2 N–H and O–H groups in total. The summed E-state index contributed by atoms with van der Waals surface area (Å²) in [4.78, 5) is 19.2. The number of H-pyrrole nitrogens is 2. The number of nitrogens with one attached hydrogen (secondary N) is 2. The van der Waals surface area contributed by atoms with E-state index in [2.05, 4.69) is 73.7 Å². The highest BCUT2D eigenvalue weighted by Gasteiger charge is 2.22. The lowest BCUT2D eigenvalue weighted by atomic mass is 10.1. The Morgan fingerprint density at radius 1 is 0.846 bits per heavy atom. The molecular weight excluding hydrogens is 596 g/mol. The summed E-state index contributed by atoms with van der Waals surface area (Å²) in [6.07, 6.45) is 0. The van der Waals surface area contributed by atoms with Gasteiger partial charge in [0.1, 0.15) is 0 Å². The van der Waals surface area contributed by atoms with Gasteiger partial charge in [-0.15, -0.1) is 0 Å². The molecule has 0 saturated heterocycles. The van der Waals surface area contributed by atoms with Crippen molar-refractivity contribution in [1.82, 2.24) is 9.97 Å². The van der Waals surface area contributed by atoms with Crippen LogP contribution in [0.25, 0.3) is 33.2 Å². The number of carbonyl (C=O) groups is 1. The number of halogens is 4. The third-order valence-electron chi connectivity index (χ3n) is 4.16. The molecule has 0 fully saturated rings. The third-order valence-corrected chi connectivity index (χ3v) is 7.85. The van der Waals surface area contributed by atoms with E-state index in [1.54, 1.807) is 0 Å². The van der Waals surface area contributed by atoms with Gasteiger partial charge in [-0.05, 0) is 94.1 Å². The van der Waals surface area contributed by atoms with Crippen LogP contribution in [0.3, 0.4) is 0 Å². The lowest BCUT2D eigenvalue weighted by Crippen LogP contribution is -2.02. The Morgan fingerprint density at radius 2 is 1.46 bits per heavy atom. The average Bonchev–Trinajstić information content (AvgIpc) is 3.16. The van der Waals surface area contributed by atoms with Gasteiger partial charge >= 0.3 is 5.97 Å². The second-order valence-corrected chi connectivity index (χ2v) is 9.13. The highest BCUT2D eigenvalue weighted by molar-refractivity contribution is 9.13. The van der Waals surface area contributed by atoms with Crippen molar-refractivity contribution in [2.75, 3.05) is 7.11 Å². The molecular formula is C18H10Br4N2O2. The molecule has 4 aromatic rings. The van der Waals surface area contributed by atoms with Crippen LogP contribution in [0.4, 0.5) is 0 Å². The third kappa shape index (κ3) is 2.96. The monoisotopic (exact) mass is 602 g/mol. The predicted molar refractivity (Wildman–Crippen MR) is 118 cm³/mol. The van der Waals surface area contributed by atoms with E-state index in [1.807, 2.05) is 30.3 Å². The predicted octanol–water partition coefficient (Wildman–Crippen LogP) is 7.15. The van der Waals surface area contributed by atoms with E-state index in [0.717, 1.165) is 45.4 Å². The minimum atomic E-state index is -0.388. The lowest BCUT2D eigenvalue weighted by molar-refractivity contribution is 0.0604. The van der Waals surface area contributed by atoms with E-state index in [4.69, 9.17) is 4.74 Å². The fourth-order valence-electron chi connectivity index (χ4n) is 2.97. The molecule has 0 spiro atoms. The van der Waals surface area contributed by atoms with Gasteiger partial charge in [-0.1, -0.05) is 0 Å². The standard InChI is InChI=1S/C18H10Br4N2O2/c1-26-18(25)16-8-4-10(20)12(22)6-14(8)24-17(16)15-3-7-2-9(19)11(21)5-13(7)23-15/h2-6,23-24H,1H3. The molecule has 0 radical (unpaired) electrons. The topological polar surface area (TPSA) is 57.9 Å². The number of hydrogen-bond donors (Lipinski definition) is 2. The minimum absolute atomic E-state index is 0.388. The molecule has 0 aliphatic heterocycles. The normalized spacial score (nSPS) is 11.4. The summed E-state index contributed by atoms with van der Waals surface area (Å²) in [6.45, 7) is 0. The number of esters is 1. The number of rotatable bonds is 2. The molecule has 0 bridgehead atoms. The summed E-state index contributed by atoms with van der Waals surface area (Å²) in [7, 11) is 1.39. The Kier molecular flexibility index (Phi) is 4.79. The summed E-state index contributed by atoms with van der Waals surface area (Å²) in [5.41, 5.74) is 3.82. The fourth-order valence-corrected chi connectivity index (χ4v) is 4.36. The molecule has 0 atom stereocenters. The van der Waals surface area contributed by atoms with E-state index in [0.29, 0.717) is 11.3 Å². The summed E-state index contributed by atoms with van der Waals surface area (Å²) >= 11 is 14.0. The molecule has 4 nitrogen and oxygen atoms in total. The van der Waals surface area contributed by atoms with Gasteiger partial charge < -0.3 is 14.7 Å². The molecule has 2 aromatic carbocycles. The van der Waals surface area contributed by atoms with Crippen LogP contribution in [0.15, 0.2) is 48.2 Å². The molecule has 132 valence electrons. The zero-order chi connectivity index (χ0) is 18.6. The zero-order valence-corrected chi connectivity index (χ0v) is 19.6. The number of aromatic amines is 2. The van der Waals surface area contributed by atoms with Crippen LogP contribution in [-0.2, 0) is 4.74 Å². The Balaban J connectivity index is 2.02. The van der Waals surface area contributed by atoms with Gasteiger partial charge in [0.15, 0.2) is 0 Å². The number of ether oxygens (including phenoxy) is 1. The number of aromatic nitrogens is 2. The van der Waals surface area contributed by atoms with Crippen molar-refractivity contribution in [2.45, 2.75) is 0 Å². The zero-order valence-electron chi connectivity index (χ0n) is 13.2. The number of fused-ring (bicyclic) bond motifs is 2. The Bertz CT molecular complexity index is 1150. The van der Waals surface area contributed by atoms with Crippen LogP contribution in [-0.4, -0.2) is 23.0 Å². The maximum absolute atomic E-state index is 12.5. The molecule has 2 aromatic heterocycles. The SMILES string of the molecule is COC(=O)c1c(-c2cc3cc(Br)c(Br)cc3[nH]2)[nH]c2cc(Br)c(Br)cc12. The molecule has 26 heavy (non-hydrogen) atoms. The highest BCUT2D eigenvalue weighted by atomic mass is 79.9. The molecule has 0 saturated carbocycles. The van der Waals surface area contributed by atoms with E-state index in [9.17, 15) is 4.79 Å². The highest BCUT2D eigenvalue weighted by Crippen LogP contribution is 2.37. The molecule has 0 amide bonds. The Hall–Kier alpha value is -1.09. The first-order chi connectivity index (χ1) is 12.4. The van der Waals surface area contributed by atoms with Crippen LogP contribution in [0.2, 0.25) is 0 Å². The summed E-state index contributed by atoms with van der Waals surface area (Å²) in [5.74, 6) is -0.388. The first-order valence-corrected chi connectivity index (χ1v) is 10.6. The Labute approximate surface area is 182 Å². The maximum atomic E-state index is 12.5. The van der Waals surface area contributed by atoms with Crippen LogP contribution in [0.1, 0.15) is 10.4 Å². The summed E-state index contributed by atoms with van der Waals surface area (Å²) in [5, 5.41) is 1.83. The molecule has 8 heteroatoms. The van der Waals surface area contributed by atoms with Crippen molar-refractivity contribution in [2.24, 2.45) is 0 Å². The van der Waals surface area contributed by atoms with Crippen LogP contribution >= 0.6 is 63.7 Å². The van der Waals surface area contributed by atoms with Crippen molar-refractivity contribution in [3.63, 3.8) is 0 Å². The molecule has 2 heterocycles. The van der Waals surface area contributed by atoms with Gasteiger partial charge in [0.2, 0.25) is 0 Å². The van der Waals surface area contributed by atoms with Gasteiger partial charge in [-0.2, -0.15) is 0 Å². The van der Waals surface area contributed by atoms with E-state index in [-0.39, 0.29) is 5.97 Å². The van der Waals surface area contributed by atoms with Gasteiger partial charge in [0, 0.05) is 39.7 Å².